The summed E-state index contributed by atoms with van der Waals surface area (Å²) in [7, 11) is 0. The Kier molecular flexibility index (Phi) is 4.13. The predicted molar refractivity (Wildman–Crippen MR) is 87.4 cm³/mol. The Hall–Kier alpha value is -0.830. The molecular weight excluding hydrogens is 260 g/mol. The van der Waals surface area contributed by atoms with Gasteiger partial charge in [-0.3, -0.25) is 0 Å². The van der Waals surface area contributed by atoms with Gasteiger partial charge in [0.15, 0.2) is 0 Å². The maximum atomic E-state index is 5.91. The molecule has 3 aliphatic rings. The number of amidine groups is 1. The molecule has 3 nitrogen and oxygen atoms in total. The second-order valence-corrected chi connectivity index (χ2v) is 7.53. The molecule has 0 radical (unpaired) electrons. The molecule has 0 spiro atoms. The fourth-order valence-corrected chi connectivity index (χ4v) is 4.17. The summed E-state index contributed by atoms with van der Waals surface area (Å²) in [5, 5.41) is 0. The van der Waals surface area contributed by atoms with Crippen molar-refractivity contribution in [1.82, 2.24) is 4.90 Å². The third kappa shape index (κ3) is 3.03. The van der Waals surface area contributed by atoms with E-state index in [9.17, 15) is 0 Å². The first-order chi connectivity index (χ1) is 9.97. The SMILES string of the molecule is C=C(C)/N=C(\C(C)C(C)C1CC1)N1C(C)CC2CC1CO2. The van der Waals surface area contributed by atoms with E-state index >= 15 is 0 Å². The molecule has 2 aliphatic heterocycles. The van der Waals surface area contributed by atoms with Crippen molar-refractivity contribution < 1.29 is 4.74 Å². The third-order valence-corrected chi connectivity index (χ3v) is 5.66. The van der Waals surface area contributed by atoms with Gasteiger partial charge in [-0.05, 0) is 51.4 Å². The van der Waals surface area contributed by atoms with Crippen molar-refractivity contribution in [2.75, 3.05) is 6.61 Å². The normalized spacial score (nSPS) is 35.7. The van der Waals surface area contributed by atoms with Gasteiger partial charge in [0.05, 0.1) is 18.8 Å². The molecule has 5 unspecified atom stereocenters. The Labute approximate surface area is 129 Å². The first-order valence-electron chi connectivity index (χ1n) is 8.61. The highest BCUT2D eigenvalue weighted by molar-refractivity contribution is 5.86. The maximum absolute atomic E-state index is 5.91. The summed E-state index contributed by atoms with van der Waals surface area (Å²) in [5.41, 5.74) is 0.924. The van der Waals surface area contributed by atoms with E-state index in [0.29, 0.717) is 24.1 Å². The molecule has 0 aromatic heterocycles. The van der Waals surface area contributed by atoms with E-state index in [4.69, 9.17) is 9.73 Å². The Bertz CT molecular complexity index is 440. The molecule has 3 rings (SSSR count). The molecule has 3 heteroatoms. The van der Waals surface area contributed by atoms with E-state index in [-0.39, 0.29) is 0 Å². The lowest BCUT2D eigenvalue weighted by molar-refractivity contribution is 0.1000. The molecule has 0 N–H and O–H groups in total. The molecule has 0 amide bonds. The number of likely N-dealkylation sites (tertiary alicyclic amines) is 1. The number of piperidine rings is 1. The van der Waals surface area contributed by atoms with E-state index < -0.39 is 0 Å². The summed E-state index contributed by atoms with van der Waals surface area (Å²) in [6, 6.07) is 1.05. The number of ether oxygens (including phenoxy) is 1. The van der Waals surface area contributed by atoms with Gasteiger partial charge in [-0.25, -0.2) is 4.99 Å². The summed E-state index contributed by atoms with van der Waals surface area (Å²) < 4.78 is 5.91. The van der Waals surface area contributed by atoms with Gasteiger partial charge in [-0.15, -0.1) is 0 Å². The van der Waals surface area contributed by atoms with Gasteiger partial charge < -0.3 is 9.64 Å². The minimum Gasteiger partial charge on any atom is -0.376 e. The van der Waals surface area contributed by atoms with Crippen LogP contribution in [0.1, 0.15) is 53.4 Å². The lowest BCUT2D eigenvalue weighted by Crippen LogP contribution is -2.52. The lowest BCUT2D eigenvalue weighted by atomic mass is 9.87. The molecule has 0 aromatic rings. The summed E-state index contributed by atoms with van der Waals surface area (Å²) in [4.78, 5) is 7.46. The second-order valence-electron chi connectivity index (χ2n) is 7.53. The van der Waals surface area contributed by atoms with Gasteiger partial charge in [-0.2, -0.15) is 0 Å². The molecule has 21 heavy (non-hydrogen) atoms. The number of fused-ring (bicyclic) bond motifs is 2. The number of rotatable bonds is 4. The fraction of sp³-hybridized carbons (Fsp3) is 0.833. The number of hydrogen-bond acceptors (Lipinski definition) is 2. The van der Waals surface area contributed by atoms with Crippen LogP contribution >= 0.6 is 0 Å². The van der Waals surface area contributed by atoms with Crippen molar-refractivity contribution in [2.45, 2.75) is 71.6 Å². The summed E-state index contributed by atoms with van der Waals surface area (Å²) in [6.07, 6.45) is 5.58. The van der Waals surface area contributed by atoms with E-state index in [1.54, 1.807) is 0 Å². The zero-order chi connectivity index (χ0) is 15.1. The minimum atomic E-state index is 0.475. The average Bonchev–Trinajstić information content (AvgIpc) is 3.20. The van der Waals surface area contributed by atoms with Crippen molar-refractivity contribution in [3.8, 4) is 0 Å². The van der Waals surface area contributed by atoms with Crippen molar-refractivity contribution >= 4 is 5.84 Å². The van der Waals surface area contributed by atoms with Crippen LogP contribution in [0.4, 0.5) is 0 Å². The first-order valence-corrected chi connectivity index (χ1v) is 8.61. The zero-order valence-corrected chi connectivity index (χ0v) is 14.0. The van der Waals surface area contributed by atoms with Gasteiger partial charge in [0, 0.05) is 17.7 Å². The van der Waals surface area contributed by atoms with Crippen LogP contribution in [-0.2, 0) is 4.74 Å². The quantitative estimate of drug-likeness (QED) is 0.580. The Morgan fingerprint density at radius 1 is 1.29 bits per heavy atom. The molecule has 0 aromatic carbocycles. The highest BCUT2D eigenvalue weighted by Crippen LogP contribution is 2.42. The topological polar surface area (TPSA) is 24.8 Å². The van der Waals surface area contributed by atoms with Crippen LogP contribution in [0.5, 0.6) is 0 Å². The van der Waals surface area contributed by atoms with E-state index in [1.807, 2.05) is 6.92 Å². The molecule has 2 saturated heterocycles. The van der Waals surface area contributed by atoms with Gasteiger partial charge in [0.25, 0.3) is 0 Å². The number of nitrogens with zero attached hydrogens (tertiary/aromatic N) is 2. The van der Waals surface area contributed by atoms with Crippen LogP contribution in [0.25, 0.3) is 0 Å². The fourth-order valence-electron chi connectivity index (χ4n) is 4.17. The van der Waals surface area contributed by atoms with Crippen LogP contribution in [0, 0.1) is 17.8 Å². The largest absolute Gasteiger partial charge is 0.376 e. The molecule has 2 heterocycles. The predicted octanol–water partition coefficient (Wildman–Crippen LogP) is 3.85. The Morgan fingerprint density at radius 3 is 2.62 bits per heavy atom. The molecule has 5 atom stereocenters. The number of allylic oxidation sites excluding steroid dienone is 1. The van der Waals surface area contributed by atoms with Crippen molar-refractivity contribution in [1.29, 1.82) is 0 Å². The van der Waals surface area contributed by atoms with E-state index in [2.05, 4.69) is 32.3 Å². The summed E-state index contributed by atoms with van der Waals surface area (Å²) >= 11 is 0. The van der Waals surface area contributed by atoms with Crippen LogP contribution in [0.2, 0.25) is 0 Å². The molecule has 1 aliphatic carbocycles. The smallest absolute Gasteiger partial charge is 0.108 e. The van der Waals surface area contributed by atoms with Crippen LogP contribution in [0.15, 0.2) is 17.3 Å². The number of hydrogen-bond donors (Lipinski definition) is 0. The van der Waals surface area contributed by atoms with Crippen LogP contribution in [0.3, 0.4) is 0 Å². The van der Waals surface area contributed by atoms with Crippen molar-refractivity contribution in [2.24, 2.45) is 22.7 Å². The highest BCUT2D eigenvalue weighted by Gasteiger charge is 2.43. The van der Waals surface area contributed by atoms with Crippen molar-refractivity contribution in [3.63, 3.8) is 0 Å². The van der Waals surface area contributed by atoms with Gasteiger partial charge >= 0.3 is 0 Å². The molecule has 3 fully saturated rings. The maximum Gasteiger partial charge on any atom is 0.108 e. The van der Waals surface area contributed by atoms with Crippen LogP contribution in [-0.4, -0.2) is 35.5 Å². The lowest BCUT2D eigenvalue weighted by Gasteiger charge is -2.42. The molecule has 1 saturated carbocycles. The first kappa shape index (κ1) is 15.1. The van der Waals surface area contributed by atoms with Gasteiger partial charge in [0.2, 0.25) is 0 Å². The monoisotopic (exact) mass is 290 g/mol. The van der Waals surface area contributed by atoms with Crippen LogP contribution < -0.4 is 0 Å². The standard InChI is InChI=1S/C18H30N2O/c1-11(2)19-18(14(5)13(4)15-6-7-15)20-12(3)8-17-9-16(20)10-21-17/h12-17H,1,6-10H2,2-5H3/b19-18+. The summed E-state index contributed by atoms with van der Waals surface area (Å²) in [5.74, 6) is 3.40. The number of aliphatic imine (C=N–C) groups is 1. The average molecular weight is 290 g/mol. The van der Waals surface area contributed by atoms with E-state index in [0.717, 1.165) is 30.6 Å². The molecule has 2 bridgehead atoms. The minimum absolute atomic E-state index is 0.475. The Balaban J connectivity index is 1.85. The Morgan fingerprint density at radius 2 is 2.00 bits per heavy atom. The van der Waals surface area contributed by atoms with Crippen molar-refractivity contribution in [3.05, 3.63) is 12.3 Å². The highest BCUT2D eigenvalue weighted by atomic mass is 16.5. The van der Waals surface area contributed by atoms with Gasteiger partial charge in [0.1, 0.15) is 5.84 Å². The second kappa shape index (κ2) is 5.75. The zero-order valence-electron chi connectivity index (χ0n) is 14.0. The molecule has 118 valence electrons. The third-order valence-electron chi connectivity index (χ3n) is 5.66. The molecular formula is C18H30N2O. The van der Waals surface area contributed by atoms with Gasteiger partial charge in [-0.1, -0.05) is 20.4 Å². The summed E-state index contributed by atoms with van der Waals surface area (Å²) in [6.45, 7) is 14.0. The van der Waals surface area contributed by atoms with E-state index in [1.165, 1.54) is 25.1 Å².